The first kappa shape index (κ1) is 6.27. The van der Waals surface area contributed by atoms with Crippen molar-refractivity contribution < 1.29 is 0 Å². The van der Waals surface area contributed by atoms with Crippen molar-refractivity contribution in [2.45, 2.75) is 0 Å². The van der Waals surface area contributed by atoms with Crippen LogP contribution in [0.25, 0.3) is 0 Å². The molecule has 0 amide bonds. The van der Waals surface area contributed by atoms with Gasteiger partial charge < -0.3 is 0 Å². The van der Waals surface area contributed by atoms with Gasteiger partial charge in [0.2, 0.25) is 0 Å². The molecular formula is C5H5Pb-. The van der Waals surface area contributed by atoms with Crippen LogP contribution in [0.1, 0.15) is 0 Å². The van der Waals surface area contributed by atoms with Gasteiger partial charge in [-0.1, -0.05) is 0 Å². The van der Waals surface area contributed by atoms with E-state index in [9.17, 15) is 0 Å². The van der Waals surface area contributed by atoms with Crippen molar-refractivity contribution in [1.29, 1.82) is 0 Å². The molecule has 6 heavy (non-hydrogen) atoms. The van der Waals surface area contributed by atoms with Crippen LogP contribution in [0.5, 0.6) is 0 Å². The Labute approximate surface area is 57.7 Å². The molecule has 0 aromatic heterocycles. The summed E-state index contributed by atoms with van der Waals surface area (Å²) < 4.78 is 0. The summed E-state index contributed by atoms with van der Waals surface area (Å²) in [6, 6.07) is 10.0. The third kappa shape index (κ3) is 1.65. The molecule has 0 bridgehead atoms. The van der Waals surface area contributed by atoms with E-state index in [1.165, 1.54) is 0 Å². The Balaban J connectivity index is 0.000000250. The van der Waals surface area contributed by atoms with E-state index in [0.717, 1.165) is 0 Å². The molecule has 0 spiro atoms. The van der Waals surface area contributed by atoms with E-state index in [1.807, 2.05) is 30.3 Å². The van der Waals surface area contributed by atoms with E-state index in [4.69, 9.17) is 0 Å². The number of rotatable bonds is 0. The molecule has 4 radical (unpaired) electrons. The molecule has 1 heteroatoms. The Morgan fingerprint density at radius 3 is 1.67 bits per heavy atom. The van der Waals surface area contributed by atoms with Gasteiger partial charge in [0.25, 0.3) is 0 Å². The molecular weight excluding hydrogens is 267 g/mol. The van der Waals surface area contributed by atoms with Crippen molar-refractivity contribution in [2.75, 3.05) is 0 Å². The minimum atomic E-state index is 0. The Morgan fingerprint density at radius 1 is 1.00 bits per heavy atom. The largest absolute Gasteiger partial charge is 0.214 e. The summed E-state index contributed by atoms with van der Waals surface area (Å²) in [5.41, 5.74) is 0. The van der Waals surface area contributed by atoms with Crippen molar-refractivity contribution >= 4 is 27.3 Å². The van der Waals surface area contributed by atoms with Crippen LogP contribution in [-0.2, 0) is 0 Å². The van der Waals surface area contributed by atoms with Gasteiger partial charge in [-0.2, -0.15) is 18.2 Å². The van der Waals surface area contributed by atoms with Gasteiger partial charge in [-0.15, -0.1) is 0 Å². The second-order valence-electron chi connectivity index (χ2n) is 0.962. The minimum absolute atomic E-state index is 0. The van der Waals surface area contributed by atoms with Gasteiger partial charge in [-0.25, -0.2) is 12.1 Å². The van der Waals surface area contributed by atoms with Crippen LogP contribution >= 0.6 is 0 Å². The third-order valence-corrected chi connectivity index (χ3v) is 0.556. The average Bonchev–Trinajstić information content (AvgIpc) is 1.76. The predicted molar refractivity (Wildman–Crippen MR) is 27.8 cm³/mol. The number of hydrogen-bond acceptors (Lipinski definition) is 0. The monoisotopic (exact) mass is 273 g/mol. The van der Waals surface area contributed by atoms with E-state index in [1.54, 1.807) is 0 Å². The molecule has 0 N–H and O–H groups in total. The first-order valence-corrected chi connectivity index (χ1v) is 1.67. The van der Waals surface area contributed by atoms with Crippen molar-refractivity contribution in [2.24, 2.45) is 0 Å². The SMILES string of the molecule is [Pb].c1cc[cH-]c1. The van der Waals surface area contributed by atoms with Crippen molar-refractivity contribution in [1.82, 2.24) is 0 Å². The summed E-state index contributed by atoms with van der Waals surface area (Å²) in [5, 5.41) is 0. The van der Waals surface area contributed by atoms with Crippen LogP contribution in [0.15, 0.2) is 30.3 Å². The van der Waals surface area contributed by atoms with E-state index >= 15 is 0 Å². The molecule has 0 nitrogen and oxygen atoms in total. The predicted octanol–water partition coefficient (Wildman–Crippen LogP) is 1.02. The first-order valence-electron chi connectivity index (χ1n) is 1.67. The van der Waals surface area contributed by atoms with E-state index in [2.05, 4.69) is 0 Å². The molecule has 30 valence electrons. The van der Waals surface area contributed by atoms with Crippen molar-refractivity contribution in [3.05, 3.63) is 30.3 Å². The Kier molecular flexibility index (Phi) is 3.62. The van der Waals surface area contributed by atoms with Crippen molar-refractivity contribution in [3.8, 4) is 0 Å². The average molecular weight is 272 g/mol. The van der Waals surface area contributed by atoms with E-state index in [-0.39, 0.29) is 27.3 Å². The standard InChI is InChI=1S/C5H5.Pb/c1-2-4-5-3-1;/h1-5H;/q-1;. The molecule has 0 fully saturated rings. The Bertz CT molecular complexity index is 60.4. The van der Waals surface area contributed by atoms with Gasteiger partial charge in [0.05, 0.1) is 0 Å². The summed E-state index contributed by atoms with van der Waals surface area (Å²) in [7, 11) is 0. The topological polar surface area (TPSA) is 0 Å². The molecule has 0 heterocycles. The Morgan fingerprint density at radius 2 is 1.50 bits per heavy atom. The first-order chi connectivity index (χ1) is 2.50. The van der Waals surface area contributed by atoms with Gasteiger partial charge in [-0.3, -0.25) is 0 Å². The Hall–Kier alpha value is 0.272. The van der Waals surface area contributed by atoms with E-state index < -0.39 is 0 Å². The molecule has 0 aliphatic rings. The zero-order valence-corrected chi connectivity index (χ0v) is 7.27. The molecule has 0 saturated carbocycles. The second-order valence-corrected chi connectivity index (χ2v) is 0.962. The molecule has 0 unspecified atom stereocenters. The summed E-state index contributed by atoms with van der Waals surface area (Å²) in [6.07, 6.45) is 0. The molecule has 1 rings (SSSR count). The molecule has 0 saturated heterocycles. The van der Waals surface area contributed by atoms with E-state index in [0.29, 0.717) is 0 Å². The van der Waals surface area contributed by atoms with Crippen LogP contribution in [0.3, 0.4) is 0 Å². The van der Waals surface area contributed by atoms with Gasteiger partial charge >= 0.3 is 0 Å². The zero-order valence-electron chi connectivity index (χ0n) is 3.39. The number of hydrogen-bond donors (Lipinski definition) is 0. The van der Waals surface area contributed by atoms with Crippen LogP contribution in [-0.4, -0.2) is 27.3 Å². The maximum absolute atomic E-state index is 2.00. The van der Waals surface area contributed by atoms with Crippen molar-refractivity contribution in [3.63, 3.8) is 0 Å². The fourth-order valence-corrected chi connectivity index (χ4v) is 0.321. The van der Waals surface area contributed by atoms with Gasteiger partial charge in [0, 0.05) is 27.3 Å². The summed E-state index contributed by atoms with van der Waals surface area (Å²) in [4.78, 5) is 0. The quantitative estimate of drug-likeness (QED) is 0.489. The normalized spacial score (nSPS) is 6.67. The summed E-state index contributed by atoms with van der Waals surface area (Å²) >= 11 is 0. The fraction of sp³-hybridized carbons (Fsp3) is 0. The molecule has 1 aromatic carbocycles. The van der Waals surface area contributed by atoms with Crippen LogP contribution in [0.4, 0.5) is 0 Å². The molecule has 0 aliphatic heterocycles. The maximum atomic E-state index is 2.00. The maximum Gasteiger partial charge on any atom is 0 e. The summed E-state index contributed by atoms with van der Waals surface area (Å²) in [5.74, 6) is 0. The smallest absolute Gasteiger partial charge is 0 e. The zero-order chi connectivity index (χ0) is 3.54. The fourth-order valence-electron chi connectivity index (χ4n) is 0.321. The summed E-state index contributed by atoms with van der Waals surface area (Å²) in [6.45, 7) is 0. The van der Waals surface area contributed by atoms with Gasteiger partial charge in [0.1, 0.15) is 0 Å². The van der Waals surface area contributed by atoms with Crippen LogP contribution < -0.4 is 0 Å². The van der Waals surface area contributed by atoms with Crippen LogP contribution in [0.2, 0.25) is 0 Å². The van der Waals surface area contributed by atoms with Gasteiger partial charge in [0.15, 0.2) is 0 Å². The molecule has 0 atom stereocenters. The van der Waals surface area contributed by atoms with Crippen LogP contribution in [0, 0.1) is 0 Å². The molecule has 0 aliphatic carbocycles. The second kappa shape index (κ2) is 3.46. The van der Waals surface area contributed by atoms with Gasteiger partial charge in [-0.05, 0) is 0 Å². The third-order valence-electron chi connectivity index (χ3n) is 0.556. The molecule has 1 aromatic rings. The minimum Gasteiger partial charge on any atom is -0.214 e.